The Morgan fingerprint density at radius 2 is 2.31 bits per heavy atom. The number of esters is 1. The van der Waals surface area contributed by atoms with Crippen molar-refractivity contribution in [2.45, 2.75) is 13.8 Å². The molecule has 0 radical (unpaired) electrons. The highest BCUT2D eigenvalue weighted by Crippen LogP contribution is 2.08. The van der Waals surface area contributed by atoms with Crippen molar-refractivity contribution in [1.82, 2.24) is 0 Å². The summed E-state index contributed by atoms with van der Waals surface area (Å²) in [6, 6.07) is 7.56. The predicted octanol–water partition coefficient (Wildman–Crippen LogP) is 1.24. The van der Waals surface area contributed by atoms with Crippen molar-refractivity contribution in [3.63, 3.8) is 0 Å². The summed E-state index contributed by atoms with van der Waals surface area (Å²) in [5.41, 5.74) is 9.95. The van der Waals surface area contributed by atoms with Gasteiger partial charge in [-0.2, -0.15) is 0 Å². The minimum atomic E-state index is -0.623. The molecule has 0 heterocycles. The van der Waals surface area contributed by atoms with E-state index in [0.717, 1.165) is 11.3 Å². The Kier molecular flexibility index (Phi) is 4.32. The molecule has 0 aliphatic heterocycles. The first-order valence-corrected chi connectivity index (χ1v) is 4.96. The van der Waals surface area contributed by atoms with E-state index in [4.69, 9.17) is 5.73 Å². The third-order valence-electron chi connectivity index (χ3n) is 1.81. The van der Waals surface area contributed by atoms with E-state index >= 15 is 0 Å². The van der Waals surface area contributed by atoms with Crippen molar-refractivity contribution in [1.29, 1.82) is 0 Å². The fourth-order valence-corrected chi connectivity index (χ4v) is 1.09. The summed E-state index contributed by atoms with van der Waals surface area (Å²) in [5, 5.41) is 3.72. The van der Waals surface area contributed by atoms with Crippen molar-refractivity contribution in [2.75, 3.05) is 12.0 Å². The minimum absolute atomic E-state index is 0.191. The number of hydrogen-bond donors (Lipinski definition) is 2. The number of aryl methyl sites for hydroxylation is 1. The Hall–Kier alpha value is -2.04. The van der Waals surface area contributed by atoms with Crippen molar-refractivity contribution in [3.05, 3.63) is 29.8 Å². The number of nitrogens with one attached hydrogen (secondary N) is 1. The third-order valence-corrected chi connectivity index (χ3v) is 1.81. The van der Waals surface area contributed by atoms with Gasteiger partial charge in [0, 0.05) is 0 Å². The zero-order valence-corrected chi connectivity index (χ0v) is 9.36. The van der Waals surface area contributed by atoms with Crippen LogP contribution in [0.5, 0.6) is 0 Å². The van der Waals surface area contributed by atoms with E-state index < -0.39 is 5.97 Å². The molecule has 0 saturated carbocycles. The van der Waals surface area contributed by atoms with Gasteiger partial charge in [0.05, 0.1) is 12.3 Å². The minimum Gasteiger partial charge on any atom is -0.460 e. The lowest BCUT2D eigenvalue weighted by Gasteiger charge is -2.03. The second-order valence-electron chi connectivity index (χ2n) is 3.20. The number of hydrogen-bond acceptors (Lipinski definition) is 4. The molecule has 3 N–H and O–H groups in total. The molecule has 0 unspecified atom stereocenters. The van der Waals surface area contributed by atoms with Crippen LogP contribution in [0.3, 0.4) is 0 Å². The zero-order chi connectivity index (χ0) is 12.0. The highest BCUT2D eigenvalue weighted by molar-refractivity contribution is 6.34. The lowest BCUT2D eigenvalue weighted by Crippen LogP contribution is -2.27. The SMILES string of the molecule is CCOC(=O)/C(N)=N/Nc1cccc(C)c1. The van der Waals surface area contributed by atoms with Crippen LogP contribution in [0.1, 0.15) is 12.5 Å². The highest BCUT2D eigenvalue weighted by atomic mass is 16.5. The van der Waals surface area contributed by atoms with E-state index in [2.05, 4.69) is 15.3 Å². The molecule has 0 aliphatic rings. The van der Waals surface area contributed by atoms with Gasteiger partial charge >= 0.3 is 5.97 Å². The molecule has 0 atom stereocenters. The molecule has 1 aromatic rings. The van der Waals surface area contributed by atoms with Crippen LogP contribution in [0.15, 0.2) is 29.4 Å². The highest BCUT2D eigenvalue weighted by Gasteiger charge is 2.06. The smallest absolute Gasteiger partial charge is 0.375 e. The number of carbonyl (C=O) groups is 1. The van der Waals surface area contributed by atoms with Crippen LogP contribution in [0, 0.1) is 6.92 Å². The van der Waals surface area contributed by atoms with Crippen molar-refractivity contribution in [3.8, 4) is 0 Å². The Balaban J connectivity index is 2.62. The van der Waals surface area contributed by atoms with E-state index in [1.54, 1.807) is 6.92 Å². The van der Waals surface area contributed by atoms with Crippen LogP contribution in [-0.2, 0) is 9.53 Å². The fraction of sp³-hybridized carbons (Fsp3) is 0.273. The normalized spacial score (nSPS) is 11.0. The van der Waals surface area contributed by atoms with E-state index in [0.29, 0.717) is 0 Å². The predicted molar refractivity (Wildman–Crippen MR) is 63.1 cm³/mol. The van der Waals surface area contributed by atoms with Gasteiger partial charge in [-0.25, -0.2) is 4.79 Å². The molecule has 0 amide bonds. The first-order valence-electron chi connectivity index (χ1n) is 4.96. The first-order chi connectivity index (χ1) is 7.63. The summed E-state index contributed by atoms with van der Waals surface area (Å²) in [6.45, 7) is 3.95. The van der Waals surface area contributed by atoms with E-state index in [1.165, 1.54) is 0 Å². The molecule has 0 saturated heterocycles. The van der Waals surface area contributed by atoms with Gasteiger partial charge in [0.2, 0.25) is 5.84 Å². The molecule has 0 fully saturated rings. The molecular formula is C11H15N3O2. The maximum atomic E-state index is 11.1. The molecule has 0 spiro atoms. The lowest BCUT2D eigenvalue weighted by molar-refractivity contribution is -0.135. The molecule has 86 valence electrons. The van der Waals surface area contributed by atoms with Crippen LogP contribution >= 0.6 is 0 Å². The van der Waals surface area contributed by atoms with Crippen molar-refractivity contribution < 1.29 is 9.53 Å². The van der Waals surface area contributed by atoms with Crippen LogP contribution in [0.4, 0.5) is 5.69 Å². The number of hydrazone groups is 1. The summed E-state index contributed by atoms with van der Waals surface area (Å²) in [5.74, 6) is -0.814. The van der Waals surface area contributed by atoms with E-state index in [1.807, 2.05) is 31.2 Å². The largest absolute Gasteiger partial charge is 0.460 e. The number of anilines is 1. The topological polar surface area (TPSA) is 76.7 Å². The van der Waals surface area contributed by atoms with E-state index in [9.17, 15) is 4.79 Å². The second-order valence-corrected chi connectivity index (χ2v) is 3.20. The average Bonchev–Trinajstić information content (AvgIpc) is 2.26. The van der Waals surface area contributed by atoms with Gasteiger partial charge in [0.15, 0.2) is 0 Å². The van der Waals surface area contributed by atoms with Gasteiger partial charge in [-0.05, 0) is 31.5 Å². The molecule has 0 bridgehead atoms. The molecule has 1 aromatic carbocycles. The van der Waals surface area contributed by atoms with Gasteiger partial charge in [-0.15, -0.1) is 5.10 Å². The maximum absolute atomic E-state index is 11.1. The molecule has 1 rings (SSSR count). The number of amidine groups is 1. The number of nitrogens with zero attached hydrogens (tertiary/aromatic N) is 1. The summed E-state index contributed by atoms with van der Waals surface area (Å²) >= 11 is 0. The number of carbonyl (C=O) groups excluding carboxylic acids is 1. The van der Waals surface area contributed by atoms with E-state index in [-0.39, 0.29) is 12.4 Å². The average molecular weight is 221 g/mol. The third kappa shape index (κ3) is 3.61. The number of ether oxygens (including phenoxy) is 1. The van der Waals surface area contributed by atoms with Crippen molar-refractivity contribution >= 4 is 17.5 Å². The molecule has 5 heteroatoms. The second kappa shape index (κ2) is 5.75. The Morgan fingerprint density at radius 3 is 2.94 bits per heavy atom. The van der Waals surface area contributed by atoms with Crippen LogP contribution in [0.25, 0.3) is 0 Å². The van der Waals surface area contributed by atoms with Gasteiger partial charge in [0.1, 0.15) is 0 Å². The number of rotatable bonds is 3. The van der Waals surface area contributed by atoms with Gasteiger partial charge in [-0.1, -0.05) is 12.1 Å². The summed E-state index contributed by atoms with van der Waals surface area (Å²) in [7, 11) is 0. The molecule has 5 nitrogen and oxygen atoms in total. The molecular weight excluding hydrogens is 206 g/mol. The summed E-state index contributed by atoms with van der Waals surface area (Å²) in [6.07, 6.45) is 0. The lowest BCUT2D eigenvalue weighted by atomic mass is 10.2. The Bertz CT molecular complexity index is 402. The maximum Gasteiger partial charge on any atom is 0.375 e. The van der Waals surface area contributed by atoms with Gasteiger partial charge in [0.25, 0.3) is 0 Å². The van der Waals surface area contributed by atoms with Gasteiger partial charge < -0.3 is 10.5 Å². The summed E-state index contributed by atoms with van der Waals surface area (Å²) < 4.78 is 4.68. The van der Waals surface area contributed by atoms with Crippen LogP contribution in [-0.4, -0.2) is 18.4 Å². The standard InChI is InChI=1S/C11H15N3O2/c1-3-16-11(15)10(12)14-13-9-6-4-5-8(2)7-9/h4-7,13H,3H2,1-2H3,(H2,12,14). The van der Waals surface area contributed by atoms with Gasteiger partial charge in [-0.3, -0.25) is 5.43 Å². The van der Waals surface area contributed by atoms with Crippen molar-refractivity contribution in [2.24, 2.45) is 10.8 Å². The number of benzene rings is 1. The fourth-order valence-electron chi connectivity index (χ4n) is 1.09. The molecule has 16 heavy (non-hydrogen) atoms. The Morgan fingerprint density at radius 1 is 1.56 bits per heavy atom. The summed E-state index contributed by atoms with van der Waals surface area (Å²) in [4.78, 5) is 11.1. The zero-order valence-electron chi connectivity index (χ0n) is 9.36. The quantitative estimate of drug-likeness (QED) is 0.348. The van der Waals surface area contributed by atoms with Crippen LogP contribution < -0.4 is 11.2 Å². The number of nitrogens with two attached hydrogens (primary N) is 1. The van der Waals surface area contributed by atoms with Crippen LogP contribution in [0.2, 0.25) is 0 Å². The first kappa shape index (κ1) is 12.0. The monoisotopic (exact) mass is 221 g/mol. The molecule has 0 aromatic heterocycles. The Labute approximate surface area is 94.3 Å². The molecule has 0 aliphatic carbocycles.